The van der Waals surface area contributed by atoms with Crippen molar-refractivity contribution >= 4 is 11.7 Å². The first-order valence-electron chi connectivity index (χ1n) is 8.89. The highest BCUT2D eigenvalue weighted by Gasteiger charge is 2.15. The average Bonchev–Trinajstić information content (AvgIpc) is 3.09. The summed E-state index contributed by atoms with van der Waals surface area (Å²) in [5.41, 5.74) is 4.67. The van der Waals surface area contributed by atoms with E-state index < -0.39 is 0 Å². The Morgan fingerprint density at radius 1 is 1.26 bits per heavy atom. The second-order valence-corrected chi connectivity index (χ2v) is 6.54. The summed E-state index contributed by atoms with van der Waals surface area (Å²) in [6.45, 7) is 4.50. The van der Waals surface area contributed by atoms with Gasteiger partial charge in [-0.3, -0.25) is 4.98 Å². The van der Waals surface area contributed by atoms with Crippen LogP contribution >= 0.6 is 0 Å². The van der Waals surface area contributed by atoms with E-state index in [-0.39, 0.29) is 6.03 Å². The number of rotatable bonds is 5. The zero-order valence-electron chi connectivity index (χ0n) is 16.1. The van der Waals surface area contributed by atoms with Crippen molar-refractivity contribution in [3.63, 3.8) is 0 Å². The third-order valence-corrected chi connectivity index (χ3v) is 4.57. The molecule has 0 unspecified atom stereocenters. The number of anilines is 1. The van der Waals surface area contributed by atoms with Gasteiger partial charge in [0.05, 0.1) is 12.2 Å². The van der Waals surface area contributed by atoms with Gasteiger partial charge in [-0.15, -0.1) is 10.2 Å². The van der Waals surface area contributed by atoms with E-state index in [0.29, 0.717) is 6.54 Å². The van der Waals surface area contributed by atoms with Gasteiger partial charge in [0.1, 0.15) is 6.33 Å². The highest BCUT2D eigenvalue weighted by molar-refractivity contribution is 5.91. The van der Waals surface area contributed by atoms with Gasteiger partial charge in [-0.25, -0.2) is 4.79 Å². The van der Waals surface area contributed by atoms with Crippen molar-refractivity contribution in [3.8, 4) is 11.4 Å². The number of hydrogen-bond acceptors (Lipinski definition) is 4. The summed E-state index contributed by atoms with van der Waals surface area (Å²) < 4.78 is 1.85. The second-order valence-electron chi connectivity index (χ2n) is 6.54. The van der Waals surface area contributed by atoms with E-state index in [4.69, 9.17) is 0 Å². The molecule has 0 saturated carbocycles. The maximum atomic E-state index is 12.6. The Balaban J connectivity index is 1.72. The fourth-order valence-electron chi connectivity index (χ4n) is 2.82. The van der Waals surface area contributed by atoms with Crippen molar-refractivity contribution in [1.29, 1.82) is 0 Å². The molecule has 0 fully saturated rings. The molecule has 0 aliphatic carbocycles. The number of aryl methyl sites for hydroxylation is 2. The van der Waals surface area contributed by atoms with Crippen LogP contribution in [0.25, 0.3) is 11.4 Å². The molecule has 3 aromatic rings. The Hall–Kier alpha value is -3.22. The van der Waals surface area contributed by atoms with Gasteiger partial charge in [0, 0.05) is 31.5 Å². The highest BCUT2D eigenvalue weighted by Crippen LogP contribution is 2.27. The number of carbonyl (C=O) groups is 1. The molecule has 140 valence electrons. The summed E-state index contributed by atoms with van der Waals surface area (Å²) in [6.07, 6.45) is 4.46. The zero-order valence-corrected chi connectivity index (χ0v) is 16.1. The molecule has 0 bridgehead atoms. The monoisotopic (exact) mass is 364 g/mol. The third kappa shape index (κ3) is 4.13. The Morgan fingerprint density at radius 3 is 2.70 bits per heavy atom. The largest absolute Gasteiger partial charge is 0.322 e. The molecule has 0 spiro atoms. The maximum Gasteiger partial charge on any atom is 0.321 e. The van der Waals surface area contributed by atoms with E-state index >= 15 is 0 Å². The van der Waals surface area contributed by atoms with E-state index in [0.717, 1.165) is 34.8 Å². The molecular formula is C20H24N6O. The van der Waals surface area contributed by atoms with E-state index in [1.165, 1.54) is 5.56 Å². The van der Waals surface area contributed by atoms with Gasteiger partial charge in [0.15, 0.2) is 5.82 Å². The SMILES string of the molecule is CCc1ccc(CN(C)C(=O)Nc2cccc(-c3nncn3C)c2C)nc1. The topological polar surface area (TPSA) is 75.9 Å². The predicted molar refractivity (Wildman–Crippen MR) is 105 cm³/mol. The summed E-state index contributed by atoms with van der Waals surface area (Å²) in [5.74, 6) is 0.761. The summed E-state index contributed by atoms with van der Waals surface area (Å²) in [6, 6.07) is 9.57. The molecule has 27 heavy (non-hydrogen) atoms. The van der Waals surface area contributed by atoms with Crippen LogP contribution in [0, 0.1) is 6.92 Å². The lowest BCUT2D eigenvalue weighted by atomic mass is 10.1. The number of nitrogens with one attached hydrogen (secondary N) is 1. The molecule has 0 saturated heterocycles. The van der Waals surface area contributed by atoms with Crippen LogP contribution in [0.1, 0.15) is 23.7 Å². The Bertz CT molecular complexity index is 932. The molecule has 2 heterocycles. The number of urea groups is 1. The van der Waals surface area contributed by atoms with Crippen LogP contribution < -0.4 is 5.32 Å². The van der Waals surface area contributed by atoms with Crippen LogP contribution in [0.5, 0.6) is 0 Å². The van der Waals surface area contributed by atoms with Crippen LogP contribution in [0.4, 0.5) is 10.5 Å². The molecular weight excluding hydrogens is 340 g/mol. The number of benzene rings is 1. The minimum absolute atomic E-state index is 0.186. The summed E-state index contributed by atoms with van der Waals surface area (Å²) in [7, 11) is 3.65. The number of pyridine rings is 1. The van der Waals surface area contributed by atoms with E-state index in [9.17, 15) is 4.79 Å². The molecule has 2 amide bonds. The minimum Gasteiger partial charge on any atom is -0.322 e. The lowest BCUT2D eigenvalue weighted by Gasteiger charge is -2.19. The van der Waals surface area contributed by atoms with Gasteiger partial charge < -0.3 is 14.8 Å². The van der Waals surface area contributed by atoms with Crippen molar-refractivity contribution in [1.82, 2.24) is 24.6 Å². The maximum absolute atomic E-state index is 12.6. The van der Waals surface area contributed by atoms with Gasteiger partial charge in [-0.2, -0.15) is 0 Å². The quantitative estimate of drug-likeness (QED) is 0.753. The molecule has 0 aliphatic rings. The van der Waals surface area contributed by atoms with Gasteiger partial charge in [0.2, 0.25) is 0 Å². The number of carbonyl (C=O) groups excluding carboxylic acids is 1. The van der Waals surface area contributed by atoms with Gasteiger partial charge >= 0.3 is 6.03 Å². The normalized spacial score (nSPS) is 10.7. The van der Waals surface area contributed by atoms with Crippen LogP contribution in [-0.4, -0.2) is 37.7 Å². The van der Waals surface area contributed by atoms with E-state index in [2.05, 4.69) is 27.4 Å². The lowest BCUT2D eigenvalue weighted by molar-refractivity contribution is 0.220. The first-order chi connectivity index (χ1) is 13.0. The van der Waals surface area contributed by atoms with Gasteiger partial charge in [-0.05, 0) is 36.6 Å². The van der Waals surface area contributed by atoms with Crippen LogP contribution in [0.3, 0.4) is 0 Å². The summed E-state index contributed by atoms with van der Waals surface area (Å²) in [4.78, 5) is 18.6. The zero-order chi connectivity index (χ0) is 19.4. The van der Waals surface area contributed by atoms with Crippen LogP contribution in [0.15, 0.2) is 42.9 Å². The molecule has 2 aromatic heterocycles. The molecule has 1 N–H and O–H groups in total. The third-order valence-electron chi connectivity index (χ3n) is 4.57. The molecule has 3 rings (SSSR count). The second kappa shape index (κ2) is 7.99. The van der Waals surface area contributed by atoms with Gasteiger partial charge in [0.25, 0.3) is 0 Å². The molecule has 0 atom stereocenters. The van der Waals surface area contributed by atoms with Crippen molar-refractivity contribution in [2.24, 2.45) is 7.05 Å². The fraction of sp³-hybridized carbons (Fsp3) is 0.300. The molecule has 7 heteroatoms. The summed E-state index contributed by atoms with van der Waals surface area (Å²) >= 11 is 0. The average molecular weight is 364 g/mol. The molecule has 0 radical (unpaired) electrons. The Labute approximate surface area is 159 Å². The van der Waals surface area contributed by atoms with Crippen molar-refractivity contribution < 1.29 is 4.79 Å². The first kappa shape index (κ1) is 18.6. The number of amides is 2. The minimum atomic E-state index is -0.186. The lowest BCUT2D eigenvalue weighted by Crippen LogP contribution is -2.31. The standard InChI is InChI=1S/C20H24N6O/c1-5-15-9-10-16(21-11-15)12-25(3)20(27)23-18-8-6-7-17(14(18)2)19-24-22-13-26(19)4/h6-11,13H,5,12H2,1-4H3,(H,23,27). The van der Waals surface area contributed by atoms with Crippen LogP contribution in [-0.2, 0) is 20.0 Å². The number of hydrogen-bond donors (Lipinski definition) is 1. The molecule has 7 nitrogen and oxygen atoms in total. The van der Waals surface area contributed by atoms with Crippen molar-refractivity contribution in [2.75, 3.05) is 12.4 Å². The Kier molecular flexibility index (Phi) is 5.49. The molecule has 1 aromatic carbocycles. The smallest absolute Gasteiger partial charge is 0.321 e. The molecule has 0 aliphatic heterocycles. The number of nitrogens with zero attached hydrogens (tertiary/aromatic N) is 5. The van der Waals surface area contributed by atoms with E-state index in [1.54, 1.807) is 18.3 Å². The van der Waals surface area contributed by atoms with Gasteiger partial charge in [-0.1, -0.05) is 25.1 Å². The highest BCUT2D eigenvalue weighted by atomic mass is 16.2. The predicted octanol–water partition coefficient (Wildman–Crippen LogP) is 3.41. The summed E-state index contributed by atoms with van der Waals surface area (Å²) in [5, 5.41) is 11.1. The van der Waals surface area contributed by atoms with Crippen LogP contribution in [0.2, 0.25) is 0 Å². The first-order valence-corrected chi connectivity index (χ1v) is 8.89. The Morgan fingerprint density at radius 2 is 2.07 bits per heavy atom. The van der Waals surface area contributed by atoms with E-state index in [1.807, 2.05) is 55.1 Å². The fourth-order valence-corrected chi connectivity index (χ4v) is 2.82. The van der Waals surface area contributed by atoms with Crippen molar-refractivity contribution in [3.05, 3.63) is 59.7 Å². The van der Waals surface area contributed by atoms with Crippen molar-refractivity contribution in [2.45, 2.75) is 26.8 Å². The number of aromatic nitrogens is 4.